The lowest BCUT2D eigenvalue weighted by Crippen LogP contribution is -2.38. The fourth-order valence-corrected chi connectivity index (χ4v) is 4.29. The van der Waals surface area contributed by atoms with Crippen LogP contribution in [0.2, 0.25) is 0 Å². The summed E-state index contributed by atoms with van der Waals surface area (Å²) in [6.45, 7) is 3.08. The molecular formula is C23H23N5O3. The number of amides is 2. The highest BCUT2D eigenvalue weighted by atomic mass is 16.2. The number of H-pyrrole nitrogens is 2. The highest BCUT2D eigenvalue weighted by Gasteiger charge is 2.31. The second kappa shape index (κ2) is 7.54. The first-order valence-corrected chi connectivity index (χ1v) is 10.5. The quantitative estimate of drug-likeness (QED) is 0.623. The van der Waals surface area contributed by atoms with Gasteiger partial charge in [0.25, 0.3) is 5.91 Å². The number of anilines is 1. The van der Waals surface area contributed by atoms with Crippen molar-refractivity contribution >= 4 is 34.7 Å². The Morgan fingerprint density at radius 3 is 2.74 bits per heavy atom. The van der Waals surface area contributed by atoms with Gasteiger partial charge in [-0.1, -0.05) is 13.0 Å². The van der Waals surface area contributed by atoms with Crippen molar-refractivity contribution in [2.24, 2.45) is 5.92 Å². The fourth-order valence-electron chi connectivity index (χ4n) is 4.29. The molecule has 3 aromatic heterocycles. The van der Waals surface area contributed by atoms with Crippen molar-refractivity contribution in [2.75, 3.05) is 18.0 Å². The number of carbonyl (C=O) groups is 2. The van der Waals surface area contributed by atoms with Crippen LogP contribution >= 0.6 is 0 Å². The van der Waals surface area contributed by atoms with E-state index in [1.54, 1.807) is 15.9 Å². The molecular weight excluding hydrogens is 394 g/mol. The number of fused-ring (bicyclic) bond motifs is 1. The SMILES string of the molecule is CC1CN(C(=O)c2cc[nH]c(=O)c2)CC=C1c1cc(N(C=O)C2CC2)nc2[nH]ccc12. The molecule has 158 valence electrons. The molecule has 0 aromatic carbocycles. The van der Waals surface area contributed by atoms with Gasteiger partial charge in [0.15, 0.2) is 0 Å². The molecule has 1 aliphatic heterocycles. The Balaban J connectivity index is 1.49. The van der Waals surface area contributed by atoms with E-state index in [0.717, 1.165) is 41.4 Å². The zero-order chi connectivity index (χ0) is 21.5. The molecule has 1 saturated carbocycles. The summed E-state index contributed by atoms with van der Waals surface area (Å²) in [4.78, 5) is 49.9. The summed E-state index contributed by atoms with van der Waals surface area (Å²) in [6, 6.07) is 7.16. The number of pyridine rings is 2. The minimum Gasteiger partial charge on any atom is -0.346 e. The van der Waals surface area contributed by atoms with Gasteiger partial charge in [0.05, 0.1) is 0 Å². The number of carbonyl (C=O) groups excluding carboxylic acids is 2. The summed E-state index contributed by atoms with van der Waals surface area (Å²) in [7, 11) is 0. The summed E-state index contributed by atoms with van der Waals surface area (Å²) in [5, 5.41) is 0.998. The number of aromatic nitrogens is 3. The number of aromatic amines is 2. The van der Waals surface area contributed by atoms with Crippen molar-refractivity contribution in [3.8, 4) is 0 Å². The van der Waals surface area contributed by atoms with Crippen LogP contribution in [-0.2, 0) is 4.79 Å². The van der Waals surface area contributed by atoms with E-state index in [1.165, 1.54) is 12.3 Å². The highest BCUT2D eigenvalue weighted by Crippen LogP contribution is 2.36. The van der Waals surface area contributed by atoms with Crippen LogP contribution in [0.3, 0.4) is 0 Å². The molecule has 0 bridgehead atoms. The molecule has 8 heteroatoms. The van der Waals surface area contributed by atoms with E-state index in [1.807, 2.05) is 18.3 Å². The molecule has 0 saturated heterocycles. The summed E-state index contributed by atoms with van der Waals surface area (Å²) in [5.41, 5.74) is 3.00. The van der Waals surface area contributed by atoms with Gasteiger partial charge in [0.1, 0.15) is 11.5 Å². The maximum atomic E-state index is 12.9. The Morgan fingerprint density at radius 1 is 1.23 bits per heavy atom. The topological polar surface area (TPSA) is 102 Å². The molecule has 1 unspecified atom stereocenters. The van der Waals surface area contributed by atoms with Crippen LogP contribution in [0.25, 0.3) is 16.6 Å². The van der Waals surface area contributed by atoms with Crippen molar-refractivity contribution in [2.45, 2.75) is 25.8 Å². The van der Waals surface area contributed by atoms with E-state index >= 15 is 0 Å². The summed E-state index contributed by atoms with van der Waals surface area (Å²) >= 11 is 0. The van der Waals surface area contributed by atoms with Crippen LogP contribution in [0.4, 0.5) is 5.82 Å². The number of rotatable bonds is 5. The Kier molecular flexibility index (Phi) is 4.69. The molecule has 3 aromatic rings. The minimum absolute atomic E-state index is 0.0821. The second-order valence-corrected chi connectivity index (χ2v) is 8.22. The molecule has 1 fully saturated rings. The highest BCUT2D eigenvalue weighted by molar-refractivity contribution is 5.96. The second-order valence-electron chi connectivity index (χ2n) is 8.22. The first-order valence-electron chi connectivity index (χ1n) is 10.5. The summed E-state index contributed by atoms with van der Waals surface area (Å²) in [5.74, 6) is 0.576. The van der Waals surface area contributed by atoms with Gasteiger partial charge >= 0.3 is 0 Å². The lowest BCUT2D eigenvalue weighted by atomic mass is 9.89. The molecule has 4 heterocycles. The average molecular weight is 417 g/mol. The van der Waals surface area contributed by atoms with Gasteiger partial charge in [-0.3, -0.25) is 19.3 Å². The molecule has 8 nitrogen and oxygen atoms in total. The smallest absolute Gasteiger partial charge is 0.254 e. The molecule has 0 radical (unpaired) electrons. The van der Waals surface area contributed by atoms with E-state index in [2.05, 4.69) is 28.0 Å². The molecule has 1 atom stereocenters. The lowest BCUT2D eigenvalue weighted by Gasteiger charge is -2.32. The van der Waals surface area contributed by atoms with Gasteiger partial charge in [-0.25, -0.2) is 4.98 Å². The van der Waals surface area contributed by atoms with Crippen LogP contribution in [0.15, 0.2) is 47.5 Å². The lowest BCUT2D eigenvalue weighted by molar-refractivity contribution is -0.107. The number of nitrogens with zero attached hydrogens (tertiary/aromatic N) is 3. The predicted molar refractivity (Wildman–Crippen MR) is 118 cm³/mol. The van der Waals surface area contributed by atoms with E-state index in [0.29, 0.717) is 24.5 Å². The van der Waals surface area contributed by atoms with E-state index in [9.17, 15) is 14.4 Å². The minimum atomic E-state index is -0.290. The predicted octanol–water partition coefficient (Wildman–Crippen LogP) is 2.55. The van der Waals surface area contributed by atoms with Crippen LogP contribution in [0.1, 0.15) is 35.7 Å². The standard InChI is InChI=1S/C23H23N5O3/c1-14-12-27(23(31)15-4-7-24-21(30)10-15)9-6-17(14)19-11-20(28(13-29)16-2-3-16)26-22-18(19)5-8-25-22/h4-8,10-11,13-14,16H,2-3,9,12H2,1H3,(H,24,30)(H,25,26). The zero-order valence-electron chi connectivity index (χ0n) is 17.2. The fraction of sp³-hybridized carbons (Fsp3) is 0.304. The van der Waals surface area contributed by atoms with Crippen molar-refractivity contribution in [1.82, 2.24) is 19.9 Å². The number of nitrogens with one attached hydrogen (secondary N) is 2. The van der Waals surface area contributed by atoms with Crippen molar-refractivity contribution in [3.05, 3.63) is 64.2 Å². The molecule has 2 aliphatic rings. The van der Waals surface area contributed by atoms with E-state index in [4.69, 9.17) is 0 Å². The molecule has 0 spiro atoms. The van der Waals surface area contributed by atoms with E-state index in [-0.39, 0.29) is 23.4 Å². The molecule has 1 aliphatic carbocycles. The van der Waals surface area contributed by atoms with Gasteiger partial charge in [-0.2, -0.15) is 0 Å². The number of hydrogen-bond acceptors (Lipinski definition) is 4. The van der Waals surface area contributed by atoms with Crippen molar-refractivity contribution < 1.29 is 9.59 Å². The third-order valence-corrected chi connectivity index (χ3v) is 6.01. The Morgan fingerprint density at radius 2 is 2.03 bits per heavy atom. The zero-order valence-corrected chi connectivity index (χ0v) is 17.2. The first kappa shape index (κ1) is 19.3. The van der Waals surface area contributed by atoms with Crippen LogP contribution < -0.4 is 10.5 Å². The summed E-state index contributed by atoms with van der Waals surface area (Å²) in [6.07, 6.45) is 8.26. The van der Waals surface area contributed by atoms with Crippen LogP contribution in [0.5, 0.6) is 0 Å². The maximum Gasteiger partial charge on any atom is 0.254 e. The van der Waals surface area contributed by atoms with Gasteiger partial charge in [0.2, 0.25) is 12.0 Å². The molecule has 2 amide bonds. The average Bonchev–Trinajstić information content (AvgIpc) is 3.49. The Hall–Kier alpha value is -3.68. The van der Waals surface area contributed by atoms with Gasteiger partial charge in [-0.05, 0) is 48.1 Å². The van der Waals surface area contributed by atoms with Crippen molar-refractivity contribution in [1.29, 1.82) is 0 Å². The number of hydrogen-bond donors (Lipinski definition) is 2. The Labute approximate surface area is 178 Å². The van der Waals surface area contributed by atoms with Crippen LogP contribution in [-0.4, -0.2) is 51.3 Å². The molecule has 2 N–H and O–H groups in total. The maximum absolute atomic E-state index is 12.9. The van der Waals surface area contributed by atoms with Gasteiger partial charge in [0, 0.05) is 48.5 Å². The van der Waals surface area contributed by atoms with Crippen LogP contribution in [0, 0.1) is 5.92 Å². The Bertz CT molecular complexity index is 1250. The van der Waals surface area contributed by atoms with E-state index < -0.39 is 0 Å². The van der Waals surface area contributed by atoms with Gasteiger partial charge in [-0.15, -0.1) is 0 Å². The first-order chi connectivity index (χ1) is 15.0. The molecule has 31 heavy (non-hydrogen) atoms. The van der Waals surface area contributed by atoms with Crippen molar-refractivity contribution in [3.63, 3.8) is 0 Å². The summed E-state index contributed by atoms with van der Waals surface area (Å²) < 4.78 is 0. The molecule has 5 rings (SSSR count). The monoisotopic (exact) mass is 417 g/mol. The third-order valence-electron chi connectivity index (χ3n) is 6.01. The third kappa shape index (κ3) is 3.54. The normalized spacial score (nSPS) is 18.7. The largest absolute Gasteiger partial charge is 0.346 e. The van der Waals surface area contributed by atoms with Gasteiger partial charge < -0.3 is 14.9 Å².